The number of carbonyl (C=O) groups excluding carboxylic acids is 1. The molecule has 0 aliphatic heterocycles. The van der Waals surface area contributed by atoms with E-state index < -0.39 is 6.04 Å². The van der Waals surface area contributed by atoms with Gasteiger partial charge in [0.05, 0.1) is 10.9 Å². The van der Waals surface area contributed by atoms with Crippen LogP contribution in [0.15, 0.2) is 17.3 Å². The first-order valence-electron chi connectivity index (χ1n) is 5.30. The van der Waals surface area contributed by atoms with Gasteiger partial charge in [-0.25, -0.2) is 0 Å². The first-order valence-corrected chi connectivity index (χ1v) is 6.12. The van der Waals surface area contributed by atoms with Crippen LogP contribution in [0.1, 0.15) is 28.4 Å². The summed E-state index contributed by atoms with van der Waals surface area (Å²) < 4.78 is 0. The molecule has 0 saturated heterocycles. The second-order valence-corrected chi connectivity index (χ2v) is 5.42. The monoisotopic (exact) mass is 255 g/mol. The van der Waals surface area contributed by atoms with E-state index in [1.807, 2.05) is 26.8 Å². The van der Waals surface area contributed by atoms with Crippen molar-refractivity contribution in [1.82, 2.24) is 5.32 Å². The molecule has 0 aliphatic rings. The van der Waals surface area contributed by atoms with Crippen LogP contribution >= 0.6 is 11.3 Å². The molecule has 6 heteroatoms. The molecule has 0 aromatic carbocycles. The van der Waals surface area contributed by atoms with E-state index in [4.69, 9.17) is 10.9 Å². The summed E-state index contributed by atoms with van der Waals surface area (Å²) in [7, 11) is 0. The van der Waals surface area contributed by atoms with Gasteiger partial charge >= 0.3 is 0 Å². The third-order valence-electron chi connectivity index (χ3n) is 2.35. The topological polar surface area (TPSA) is 87.7 Å². The Hall–Kier alpha value is -1.56. The molecule has 1 atom stereocenters. The minimum absolute atomic E-state index is 0.0154. The van der Waals surface area contributed by atoms with Crippen LogP contribution in [0.4, 0.5) is 0 Å². The number of hydrogen-bond acceptors (Lipinski definition) is 4. The summed E-state index contributed by atoms with van der Waals surface area (Å²) in [5.74, 6) is -0.133. The van der Waals surface area contributed by atoms with Gasteiger partial charge in [0.2, 0.25) is 0 Å². The van der Waals surface area contributed by atoms with Crippen molar-refractivity contribution in [3.8, 4) is 0 Å². The van der Waals surface area contributed by atoms with Crippen LogP contribution in [-0.2, 0) is 0 Å². The third-order valence-corrected chi connectivity index (χ3v) is 3.35. The molecule has 1 rings (SSSR count). The number of nitrogens with zero attached hydrogens (tertiary/aromatic N) is 1. The zero-order chi connectivity index (χ0) is 13.0. The molecular formula is C11H17N3O2S. The Balaban J connectivity index is 2.78. The zero-order valence-electron chi connectivity index (χ0n) is 10.1. The number of oxime groups is 1. The van der Waals surface area contributed by atoms with Crippen molar-refractivity contribution >= 4 is 23.1 Å². The summed E-state index contributed by atoms with van der Waals surface area (Å²) in [6, 6.07) is 3.18. The Morgan fingerprint density at radius 2 is 2.18 bits per heavy atom. The van der Waals surface area contributed by atoms with Gasteiger partial charge in [-0.2, -0.15) is 0 Å². The average Bonchev–Trinajstić information content (AvgIpc) is 2.71. The van der Waals surface area contributed by atoms with Crippen LogP contribution in [0.25, 0.3) is 0 Å². The highest BCUT2D eigenvalue weighted by molar-refractivity contribution is 7.13. The Morgan fingerprint density at radius 1 is 1.53 bits per heavy atom. The van der Waals surface area contributed by atoms with E-state index in [1.165, 1.54) is 11.3 Å². The number of carbonyl (C=O) groups is 1. The van der Waals surface area contributed by atoms with Crippen LogP contribution in [0, 0.1) is 12.8 Å². The van der Waals surface area contributed by atoms with Gasteiger partial charge in [-0.1, -0.05) is 19.0 Å². The third kappa shape index (κ3) is 3.45. The van der Waals surface area contributed by atoms with Crippen LogP contribution in [0.2, 0.25) is 0 Å². The Bertz CT molecular complexity index is 426. The van der Waals surface area contributed by atoms with Crippen LogP contribution in [0.5, 0.6) is 0 Å². The molecule has 1 aromatic rings. The van der Waals surface area contributed by atoms with E-state index >= 15 is 0 Å². The number of nitrogens with two attached hydrogens (primary N) is 1. The quantitative estimate of drug-likeness (QED) is 0.330. The number of amidine groups is 1. The van der Waals surface area contributed by atoms with Gasteiger partial charge in [0.25, 0.3) is 5.91 Å². The predicted molar refractivity (Wildman–Crippen MR) is 68.6 cm³/mol. The first-order chi connectivity index (χ1) is 7.95. The molecule has 5 nitrogen and oxygen atoms in total. The van der Waals surface area contributed by atoms with Crippen LogP contribution in [0.3, 0.4) is 0 Å². The Kier molecular flexibility index (Phi) is 4.51. The minimum atomic E-state index is -0.463. The van der Waals surface area contributed by atoms with Gasteiger partial charge in [-0.3, -0.25) is 4.79 Å². The average molecular weight is 255 g/mol. The molecule has 1 heterocycles. The smallest absolute Gasteiger partial charge is 0.261 e. The predicted octanol–water partition coefficient (Wildman–Crippen LogP) is 1.56. The molecule has 17 heavy (non-hydrogen) atoms. The second kappa shape index (κ2) is 5.67. The number of nitrogens with one attached hydrogen (secondary N) is 1. The maximum absolute atomic E-state index is 11.9. The van der Waals surface area contributed by atoms with Crippen molar-refractivity contribution in [2.24, 2.45) is 16.8 Å². The van der Waals surface area contributed by atoms with E-state index in [2.05, 4.69) is 10.5 Å². The lowest BCUT2D eigenvalue weighted by atomic mass is 10.0. The molecule has 1 unspecified atom stereocenters. The fourth-order valence-electron chi connectivity index (χ4n) is 1.41. The van der Waals surface area contributed by atoms with Gasteiger partial charge in [-0.15, -0.1) is 11.3 Å². The largest absolute Gasteiger partial charge is 0.409 e. The highest BCUT2D eigenvalue weighted by atomic mass is 32.1. The SMILES string of the molecule is Cc1ccc(C(=O)NC(C(N)=NO)C(C)C)s1. The zero-order valence-corrected chi connectivity index (χ0v) is 10.9. The van der Waals surface area contributed by atoms with Crippen molar-refractivity contribution in [1.29, 1.82) is 0 Å². The fourth-order valence-corrected chi connectivity index (χ4v) is 2.18. The van der Waals surface area contributed by atoms with Gasteiger partial charge in [-0.05, 0) is 25.0 Å². The molecule has 1 amide bonds. The molecule has 94 valence electrons. The molecule has 0 radical (unpaired) electrons. The fraction of sp³-hybridized carbons (Fsp3) is 0.455. The summed E-state index contributed by atoms with van der Waals surface area (Å²) in [4.78, 5) is 13.6. The summed E-state index contributed by atoms with van der Waals surface area (Å²) in [5.41, 5.74) is 5.54. The van der Waals surface area contributed by atoms with Crippen molar-refractivity contribution in [2.45, 2.75) is 26.8 Å². The standard InChI is InChI=1S/C11H17N3O2S/c1-6(2)9(10(12)14-16)13-11(15)8-5-4-7(3)17-8/h4-6,9,16H,1-3H3,(H2,12,14)(H,13,15). The van der Waals surface area contributed by atoms with Gasteiger partial charge in [0, 0.05) is 4.88 Å². The van der Waals surface area contributed by atoms with E-state index in [0.717, 1.165) is 4.88 Å². The van der Waals surface area contributed by atoms with Crippen LogP contribution < -0.4 is 11.1 Å². The van der Waals surface area contributed by atoms with E-state index in [0.29, 0.717) is 4.88 Å². The number of thiophene rings is 1. The van der Waals surface area contributed by atoms with Gasteiger partial charge in [0.15, 0.2) is 5.84 Å². The van der Waals surface area contributed by atoms with Crippen LogP contribution in [-0.4, -0.2) is 23.0 Å². The number of aryl methyl sites for hydroxylation is 1. The van der Waals surface area contributed by atoms with E-state index in [1.54, 1.807) is 6.07 Å². The van der Waals surface area contributed by atoms with Crippen molar-refractivity contribution in [3.05, 3.63) is 21.9 Å². The minimum Gasteiger partial charge on any atom is -0.409 e. The van der Waals surface area contributed by atoms with Crippen molar-refractivity contribution in [2.75, 3.05) is 0 Å². The molecule has 0 saturated carbocycles. The molecule has 0 spiro atoms. The lowest BCUT2D eigenvalue weighted by Gasteiger charge is -2.20. The lowest BCUT2D eigenvalue weighted by Crippen LogP contribution is -2.47. The summed E-state index contributed by atoms with van der Waals surface area (Å²) in [6.45, 7) is 5.72. The molecule has 1 aromatic heterocycles. The van der Waals surface area contributed by atoms with Gasteiger partial charge in [0.1, 0.15) is 0 Å². The van der Waals surface area contributed by atoms with Crippen molar-refractivity contribution < 1.29 is 10.0 Å². The molecule has 4 N–H and O–H groups in total. The maximum atomic E-state index is 11.9. The maximum Gasteiger partial charge on any atom is 0.261 e. The van der Waals surface area contributed by atoms with Crippen molar-refractivity contribution in [3.63, 3.8) is 0 Å². The molecule has 0 fully saturated rings. The number of hydrogen-bond donors (Lipinski definition) is 3. The summed E-state index contributed by atoms with van der Waals surface area (Å²) >= 11 is 1.41. The highest BCUT2D eigenvalue weighted by Gasteiger charge is 2.21. The van der Waals surface area contributed by atoms with E-state index in [9.17, 15) is 4.79 Å². The molecule has 0 bridgehead atoms. The second-order valence-electron chi connectivity index (χ2n) is 4.13. The Morgan fingerprint density at radius 3 is 2.59 bits per heavy atom. The first kappa shape index (κ1) is 13.5. The summed E-state index contributed by atoms with van der Waals surface area (Å²) in [6.07, 6.45) is 0. The number of amides is 1. The number of rotatable bonds is 4. The normalized spacial score (nSPS) is 13.8. The van der Waals surface area contributed by atoms with Gasteiger partial charge < -0.3 is 16.3 Å². The Labute approximate surface area is 104 Å². The van der Waals surface area contributed by atoms with E-state index in [-0.39, 0.29) is 17.7 Å². The molecular weight excluding hydrogens is 238 g/mol. The summed E-state index contributed by atoms with van der Waals surface area (Å²) in [5, 5.41) is 14.4. The highest BCUT2D eigenvalue weighted by Crippen LogP contribution is 2.15. The molecule has 0 aliphatic carbocycles. The lowest BCUT2D eigenvalue weighted by molar-refractivity contribution is 0.0943.